The van der Waals surface area contributed by atoms with Crippen molar-refractivity contribution < 1.29 is 4.52 Å². The van der Waals surface area contributed by atoms with Crippen LogP contribution in [0, 0.1) is 0 Å². The van der Waals surface area contributed by atoms with Gasteiger partial charge < -0.3 is 9.84 Å². The van der Waals surface area contributed by atoms with Gasteiger partial charge in [-0.25, -0.2) is 0 Å². The van der Waals surface area contributed by atoms with Gasteiger partial charge in [0.2, 0.25) is 5.89 Å². The first-order valence-corrected chi connectivity index (χ1v) is 5.05. The van der Waals surface area contributed by atoms with E-state index < -0.39 is 0 Å². The highest BCUT2D eigenvalue weighted by Gasteiger charge is 2.19. The highest BCUT2D eigenvalue weighted by molar-refractivity contribution is 6.16. The van der Waals surface area contributed by atoms with Crippen LogP contribution in [0.3, 0.4) is 0 Å². The number of rotatable bonds is 2. The van der Waals surface area contributed by atoms with Crippen LogP contribution in [0.2, 0.25) is 0 Å². The molecule has 1 aliphatic heterocycles. The summed E-state index contributed by atoms with van der Waals surface area (Å²) >= 11 is 5.56. The van der Waals surface area contributed by atoms with Crippen LogP contribution >= 0.6 is 11.6 Å². The molecule has 0 bridgehead atoms. The second kappa shape index (κ2) is 4.07. The minimum Gasteiger partial charge on any atom is -0.338 e. The van der Waals surface area contributed by atoms with Crippen molar-refractivity contribution >= 4 is 11.6 Å². The van der Waals surface area contributed by atoms with Crippen LogP contribution in [0.25, 0.3) is 0 Å². The second-order valence-corrected chi connectivity index (χ2v) is 3.45. The zero-order valence-corrected chi connectivity index (χ0v) is 8.05. The first-order valence-electron chi connectivity index (χ1n) is 4.52. The lowest BCUT2D eigenvalue weighted by Crippen LogP contribution is -2.27. The fraction of sp³-hybridized carbons (Fsp3) is 0.750. The van der Waals surface area contributed by atoms with Crippen LogP contribution in [0.15, 0.2) is 4.52 Å². The van der Waals surface area contributed by atoms with Crippen LogP contribution in [0.1, 0.15) is 37.0 Å². The van der Waals surface area contributed by atoms with Gasteiger partial charge >= 0.3 is 0 Å². The van der Waals surface area contributed by atoms with E-state index in [1.54, 1.807) is 0 Å². The standard InChI is InChI=1S/C8H12ClN3O/c9-5-7-11-8(12-13-7)6-3-1-2-4-10-6/h6,10H,1-5H2. The van der Waals surface area contributed by atoms with Crippen molar-refractivity contribution in [3.63, 3.8) is 0 Å². The van der Waals surface area contributed by atoms with Crippen LogP contribution in [-0.4, -0.2) is 16.7 Å². The molecule has 0 aliphatic carbocycles. The molecule has 1 atom stereocenters. The fourth-order valence-corrected chi connectivity index (χ4v) is 1.64. The molecule has 0 spiro atoms. The van der Waals surface area contributed by atoms with Crippen molar-refractivity contribution in [1.82, 2.24) is 15.5 Å². The number of hydrogen-bond donors (Lipinski definition) is 1. The minimum absolute atomic E-state index is 0.259. The van der Waals surface area contributed by atoms with E-state index in [-0.39, 0.29) is 6.04 Å². The molecule has 0 amide bonds. The van der Waals surface area contributed by atoms with Gasteiger partial charge in [-0.15, -0.1) is 11.6 Å². The lowest BCUT2D eigenvalue weighted by Gasteiger charge is -2.19. The topological polar surface area (TPSA) is 51.0 Å². The second-order valence-electron chi connectivity index (χ2n) is 3.18. The van der Waals surface area contributed by atoms with Crippen molar-refractivity contribution in [2.24, 2.45) is 0 Å². The van der Waals surface area contributed by atoms with Gasteiger partial charge in [-0.2, -0.15) is 4.98 Å². The van der Waals surface area contributed by atoms with Gasteiger partial charge in [-0.3, -0.25) is 0 Å². The van der Waals surface area contributed by atoms with E-state index in [2.05, 4.69) is 15.5 Å². The first kappa shape index (κ1) is 8.97. The summed E-state index contributed by atoms with van der Waals surface area (Å²) in [6.45, 7) is 1.04. The Labute approximate surface area is 81.7 Å². The Hall–Kier alpha value is -0.610. The summed E-state index contributed by atoms with van der Waals surface area (Å²) in [6.07, 6.45) is 3.54. The molecule has 13 heavy (non-hydrogen) atoms. The maximum absolute atomic E-state index is 5.56. The van der Waals surface area contributed by atoms with Crippen molar-refractivity contribution in [3.8, 4) is 0 Å². The van der Waals surface area contributed by atoms with Crippen molar-refractivity contribution in [2.75, 3.05) is 6.54 Å². The molecule has 1 unspecified atom stereocenters. The normalized spacial score (nSPS) is 23.3. The largest absolute Gasteiger partial charge is 0.338 e. The van der Waals surface area contributed by atoms with E-state index in [0.29, 0.717) is 11.8 Å². The molecule has 1 aromatic heterocycles. The summed E-state index contributed by atoms with van der Waals surface area (Å²) in [5, 5.41) is 7.22. The molecule has 2 rings (SSSR count). The molecule has 0 radical (unpaired) electrons. The van der Waals surface area contributed by atoms with Gasteiger partial charge in [0.1, 0.15) is 5.88 Å². The Morgan fingerprint density at radius 1 is 1.54 bits per heavy atom. The molecule has 1 aliphatic rings. The number of nitrogens with one attached hydrogen (secondary N) is 1. The molecule has 5 heteroatoms. The summed E-state index contributed by atoms with van der Waals surface area (Å²) in [5.74, 6) is 1.54. The highest BCUT2D eigenvalue weighted by atomic mass is 35.5. The molecular weight excluding hydrogens is 190 g/mol. The van der Waals surface area contributed by atoms with E-state index in [1.807, 2.05) is 0 Å². The van der Waals surface area contributed by atoms with Gasteiger partial charge in [0.15, 0.2) is 5.82 Å². The van der Waals surface area contributed by atoms with Crippen molar-refractivity contribution in [1.29, 1.82) is 0 Å². The third-order valence-corrected chi connectivity index (χ3v) is 2.45. The molecule has 0 aromatic carbocycles. The van der Waals surface area contributed by atoms with E-state index in [1.165, 1.54) is 12.8 Å². The van der Waals surface area contributed by atoms with Crippen LogP contribution in [0.5, 0.6) is 0 Å². The van der Waals surface area contributed by atoms with E-state index >= 15 is 0 Å². The van der Waals surface area contributed by atoms with Crippen molar-refractivity contribution in [2.45, 2.75) is 31.2 Å². The van der Waals surface area contributed by atoms with Crippen molar-refractivity contribution in [3.05, 3.63) is 11.7 Å². The maximum atomic E-state index is 5.56. The van der Waals surface area contributed by atoms with Crippen LogP contribution < -0.4 is 5.32 Å². The first-order chi connectivity index (χ1) is 6.40. The molecule has 1 N–H and O–H groups in total. The van der Waals surface area contributed by atoms with Crippen LogP contribution in [0.4, 0.5) is 0 Å². The molecule has 1 fully saturated rings. The smallest absolute Gasteiger partial charge is 0.241 e. The monoisotopic (exact) mass is 201 g/mol. The van der Waals surface area contributed by atoms with E-state index in [0.717, 1.165) is 18.8 Å². The van der Waals surface area contributed by atoms with E-state index in [9.17, 15) is 0 Å². The quantitative estimate of drug-likeness (QED) is 0.739. The van der Waals surface area contributed by atoms with E-state index in [4.69, 9.17) is 16.1 Å². The number of hydrogen-bond acceptors (Lipinski definition) is 4. The third-order valence-electron chi connectivity index (χ3n) is 2.22. The zero-order chi connectivity index (χ0) is 9.10. The molecule has 4 nitrogen and oxygen atoms in total. The number of nitrogens with zero attached hydrogens (tertiary/aromatic N) is 2. The molecule has 0 saturated carbocycles. The average molecular weight is 202 g/mol. The third kappa shape index (κ3) is 2.00. The maximum Gasteiger partial charge on any atom is 0.241 e. The summed E-state index contributed by atoms with van der Waals surface area (Å²) < 4.78 is 4.93. The van der Waals surface area contributed by atoms with Gasteiger partial charge in [0.25, 0.3) is 0 Å². The minimum atomic E-state index is 0.259. The summed E-state index contributed by atoms with van der Waals surface area (Å²) in [7, 11) is 0. The zero-order valence-electron chi connectivity index (χ0n) is 7.29. The fourth-order valence-electron chi connectivity index (χ4n) is 1.54. The van der Waals surface area contributed by atoms with Gasteiger partial charge in [0, 0.05) is 0 Å². The Morgan fingerprint density at radius 2 is 2.46 bits per heavy atom. The molecule has 1 saturated heterocycles. The number of alkyl halides is 1. The Balaban J connectivity index is 2.05. The Morgan fingerprint density at radius 3 is 3.08 bits per heavy atom. The highest BCUT2D eigenvalue weighted by Crippen LogP contribution is 2.20. The predicted molar refractivity (Wildman–Crippen MR) is 48.4 cm³/mol. The Bertz CT molecular complexity index is 270. The SMILES string of the molecule is ClCc1nc(C2CCCCN2)no1. The van der Waals surface area contributed by atoms with Gasteiger partial charge in [0.05, 0.1) is 6.04 Å². The molecule has 1 aromatic rings. The predicted octanol–water partition coefficient (Wildman–Crippen LogP) is 1.62. The molecule has 72 valence electrons. The van der Waals surface area contributed by atoms with Gasteiger partial charge in [-0.1, -0.05) is 11.6 Å². The summed E-state index contributed by atoms with van der Waals surface area (Å²) in [4.78, 5) is 4.18. The molecule has 2 heterocycles. The van der Waals surface area contributed by atoms with Gasteiger partial charge in [-0.05, 0) is 19.4 Å². The number of aromatic nitrogens is 2. The summed E-state index contributed by atoms with van der Waals surface area (Å²) in [5.41, 5.74) is 0. The lowest BCUT2D eigenvalue weighted by molar-refractivity contribution is 0.354. The Kier molecular flexibility index (Phi) is 2.80. The average Bonchev–Trinajstić information content (AvgIpc) is 2.67. The number of halogens is 1. The summed E-state index contributed by atoms with van der Waals surface area (Å²) in [6, 6.07) is 0.259. The molecular formula is C8H12ClN3O. The lowest BCUT2D eigenvalue weighted by atomic mass is 10.0. The van der Waals surface area contributed by atoms with Crippen LogP contribution in [-0.2, 0) is 5.88 Å². The number of piperidine rings is 1.